The van der Waals surface area contributed by atoms with E-state index in [9.17, 15) is 19.2 Å². The van der Waals surface area contributed by atoms with Crippen LogP contribution in [0.15, 0.2) is 40.5 Å². The molecule has 2 aromatic rings. The Bertz CT molecular complexity index is 844. The highest BCUT2D eigenvalue weighted by molar-refractivity contribution is 7.07. The van der Waals surface area contributed by atoms with Crippen LogP contribution in [0.25, 0.3) is 0 Å². The van der Waals surface area contributed by atoms with E-state index in [1.165, 1.54) is 11.6 Å². The molecule has 0 bridgehead atoms. The molecule has 8 nitrogen and oxygen atoms in total. The van der Waals surface area contributed by atoms with Crippen LogP contribution in [0.2, 0.25) is 0 Å². The van der Waals surface area contributed by atoms with Gasteiger partial charge < -0.3 is 14.6 Å². The van der Waals surface area contributed by atoms with Gasteiger partial charge in [-0.25, -0.2) is 4.79 Å². The molecule has 0 saturated heterocycles. The average Bonchev–Trinajstić information content (AvgIpc) is 2.96. The predicted molar refractivity (Wildman–Crippen MR) is 95.8 cm³/mol. The summed E-state index contributed by atoms with van der Waals surface area (Å²) in [4.78, 5) is 47.4. The summed E-state index contributed by atoms with van der Waals surface area (Å²) in [7, 11) is 1.37. The van der Waals surface area contributed by atoms with Gasteiger partial charge in [-0.05, 0) is 6.92 Å². The van der Waals surface area contributed by atoms with Gasteiger partial charge in [-0.2, -0.15) is 0 Å². The Morgan fingerprint density at radius 1 is 1.23 bits per heavy atom. The highest BCUT2D eigenvalue weighted by Crippen LogP contribution is 2.18. The summed E-state index contributed by atoms with van der Waals surface area (Å²) in [5.41, 5.74) is 1.19. The van der Waals surface area contributed by atoms with Crippen molar-refractivity contribution in [1.29, 1.82) is 0 Å². The summed E-state index contributed by atoms with van der Waals surface area (Å²) >= 11 is 1.05. The van der Waals surface area contributed by atoms with Crippen LogP contribution in [0.5, 0.6) is 0 Å². The third-order valence-electron chi connectivity index (χ3n) is 3.57. The number of aromatic nitrogens is 1. The topological polar surface area (TPSA) is 106 Å². The van der Waals surface area contributed by atoms with E-state index in [1.54, 1.807) is 42.6 Å². The van der Waals surface area contributed by atoms with E-state index in [1.807, 2.05) is 0 Å². The molecule has 0 spiro atoms. The predicted octanol–water partition coefficient (Wildman–Crippen LogP) is 1.35. The van der Waals surface area contributed by atoms with Crippen molar-refractivity contribution < 1.29 is 19.1 Å². The number of benzene rings is 1. The molecule has 0 radical (unpaired) electrons. The molecule has 1 unspecified atom stereocenters. The summed E-state index contributed by atoms with van der Waals surface area (Å²) < 4.78 is 6.75. The highest BCUT2D eigenvalue weighted by atomic mass is 32.1. The molecular formula is C17H19N3O5S. The number of nitrogens with one attached hydrogen (secondary N) is 2. The molecule has 138 valence electrons. The molecule has 1 heterocycles. The smallest absolute Gasteiger partial charge is 0.321 e. The number of thiazole rings is 1. The van der Waals surface area contributed by atoms with E-state index < -0.39 is 24.0 Å². The number of carbonyl (C=O) groups excluding carboxylic acids is 3. The SMILES string of the molecule is CNC(=O)NC(=O)C(OC(=O)CCn1c(C)csc1=O)c1ccccc1. The van der Waals surface area contributed by atoms with Crippen LogP contribution in [-0.4, -0.2) is 29.5 Å². The molecule has 0 saturated carbocycles. The summed E-state index contributed by atoms with van der Waals surface area (Å²) in [5, 5.41) is 6.07. The van der Waals surface area contributed by atoms with Crippen LogP contribution in [-0.2, 0) is 20.9 Å². The Morgan fingerprint density at radius 3 is 2.50 bits per heavy atom. The number of rotatable bonds is 6. The first-order valence-corrected chi connectivity index (χ1v) is 8.72. The molecule has 1 aromatic carbocycles. The number of carbonyl (C=O) groups is 3. The number of urea groups is 1. The lowest BCUT2D eigenvalue weighted by atomic mass is 10.1. The zero-order valence-electron chi connectivity index (χ0n) is 14.4. The van der Waals surface area contributed by atoms with E-state index in [0.29, 0.717) is 5.56 Å². The van der Waals surface area contributed by atoms with Crippen LogP contribution >= 0.6 is 11.3 Å². The van der Waals surface area contributed by atoms with Crippen molar-refractivity contribution in [2.45, 2.75) is 26.0 Å². The Morgan fingerprint density at radius 2 is 1.92 bits per heavy atom. The fourth-order valence-electron chi connectivity index (χ4n) is 2.21. The molecule has 9 heteroatoms. The second kappa shape index (κ2) is 8.95. The molecule has 0 aliphatic carbocycles. The first kappa shape index (κ1) is 19.4. The Kier molecular flexibility index (Phi) is 6.67. The van der Waals surface area contributed by atoms with E-state index in [4.69, 9.17) is 4.74 Å². The largest absolute Gasteiger partial charge is 0.447 e. The maximum absolute atomic E-state index is 12.3. The van der Waals surface area contributed by atoms with Crippen molar-refractivity contribution in [3.8, 4) is 0 Å². The van der Waals surface area contributed by atoms with Gasteiger partial charge in [-0.15, -0.1) is 0 Å². The van der Waals surface area contributed by atoms with Crippen molar-refractivity contribution in [1.82, 2.24) is 15.2 Å². The minimum atomic E-state index is -1.26. The molecule has 2 N–H and O–H groups in total. The summed E-state index contributed by atoms with van der Waals surface area (Å²) in [6.45, 7) is 1.93. The zero-order valence-corrected chi connectivity index (χ0v) is 15.2. The number of amides is 3. The van der Waals surface area contributed by atoms with E-state index in [0.717, 1.165) is 17.0 Å². The summed E-state index contributed by atoms with van der Waals surface area (Å²) in [5.74, 6) is -1.41. The van der Waals surface area contributed by atoms with Gasteiger partial charge >= 0.3 is 16.9 Å². The van der Waals surface area contributed by atoms with Crippen LogP contribution in [0.3, 0.4) is 0 Å². The van der Waals surface area contributed by atoms with Gasteiger partial charge in [-0.1, -0.05) is 41.7 Å². The summed E-state index contributed by atoms with van der Waals surface area (Å²) in [6, 6.07) is 7.68. The van der Waals surface area contributed by atoms with Crippen molar-refractivity contribution in [2.75, 3.05) is 7.05 Å². The first-order valence-electron chi connectivity index (χ1n) is 7.84. The lowest BCUT2D eigenvalue weighted by molar-refractivity contribution is -0.156. The van der Waals surface area contributed by atoms with Gasteiger partial charge in [0.15, 0.2) is 0 Å². The Labute approximate surface area is 153 Å². The first-order chi connectivity index (χ1) is 12.4. The molecular weight excluding hydrogens is 358 g/mol. The van der Waals surface area contributed by atoms with Crippen LogP contribution < -0.4 is 15.5 Å². The normalized spacial score (nSPS) is 11.5. The van der Waals surface area contributed by atoms with E-state index >= 15 is 0 Å². The fourth-order valence-corrected chi connectivity index (χ4v) is 2.97. The average molecular weight is 377 g/mol. The highest BCUT2D eigenvalue weighted by Gasteiger charge is 2.26. The maximum Gasteiger partial charge on any atom is 0.321 e. The molecule has 3 amide bonds. The van der Waals surface area contributed by atoms with Gasteiger partial charge in [0.2, 0.25) is 6.10 Å². The molecule has 2 rings (SSSR count). The molecule has 26 heavy (non-hydrogen) atoms. The second-order valence-electron chi connectivity index (χ2n) is 5.39. The lowest BCUT2D eigenvalue weighted by Crippen LogP contribution is -2.41. The number of imide groups is 1. The number of hydrogen-bond acceptors (Lipinski definition) is 6. The number of esters is 1. The second-order valence-corrected chi connectivity index (χ2v) is 6.21. The quantitative estimate of drug-likeness (QED) is 0.739. The number of ether oxygens (including phenoxy) is 1. The van der Waals surface area contributed by atoms with E-state index in [2.05, 4.69) is 10.6 Å². The van der Waals surface area contributed by atoms with Crippen molar-refractivity contribution in [3.05, 3.63) is 56.6 Å². The van der Waals surface area contributed by atoms with Crippen molar-refractivity contribution >= 4 is 29.2 Å². The Hall–Kier alpha value is -2.94. The third kappa shape index (κ3) is 5.03. The number of hydrogen-bond donors (Lipinski definition) is 2. The van der Waals surface area contributed by atoms with Gasteiger partial charge in [0, 0.05) is 30.2 Å². The minimum absolute atomic E-state index is 0.0753. The molecule has 0 fully saturated rings. The molecule has 1 aromatic heterocycles. The van der Waals surface area contributed by atoms with Crippen LogP contribution in [0, 0.1) is 6.92 Å². The van der Waals surface area contributed by atoms with Crippen LogP contribution in [0.4, 0.5) is 4.79 Å². The Balaban J connectivity index is 2.08. The molecule has 1 atom stereocenters. The maximum atomic E-state index is 12.3. The minimum Gasteiger partial charge on any atom is -0.447 e. The third-order valence-corrected chi connectivity index (χ3v) is 4.45. The standard InChI is InChI=1S/C17H19N3O5S/c1-11-10-26-17(24)20(11)9-8-13(21)25-14(12-6-4-3-5-7-12)15(22)19-16(23)18-2/h3-7,10,14H,8-9H2,1-2H3,(H2,18,19,22,23). The fraction of sp³-hybridized carbons (Fsp3) is 0.294. The van der Waals surface area contributed by atoms with Crippen LogP contribution in [0.1, 0.15) is 23.8 Å². The zero-order chi connectivity index (χ0) is 19.1. The molecule has 0 aliphatic rings. The number of aryl methyl sites for hydroxylation is 1. The van der Waals surface area contributed by atoms with Crippen molar-refractivity contribution in [3.63, 3.8) is 0 Å². The number of nitrogens with zero attached hydrogens (tertiary/aromatic N) is 1. The monoisotopic (exact) mass is 377 g/mol. The van der Waals surface area contributed by atoms with Crippen molar-refractivity contribution in [2.24, 2.45) is 0 Å². The van der Waals surface area contributed by atoms with Gasteiger partial charge in [0.25, 0.3) is 5.91 Å². The van der Waals surface area contributed by atoms with E-state index in [-0.39, 0.29) is 17.8 Å². The lowest BCUT2D eigenvalue weighted by Gasteiger charge is -2.17. The molecule has 0 aliphatic heterocycles. The van der Waals surface area contributed by atoms with Gasteiger partial charge in [0.1, 0.15) is 0 Å². The van der Waals surface area contributed by atoms with Gasteiger partial charge in [-0.3, -0.25) is 19.7 Å². The van der Waals surface area contributed by atoms with Gasteiger partial charge in [0.05, 0.1) is 6.42 Å². The summed E-state index contributed by atoms with van der Waals surface area (Å²) in [6.07, 6.45) is -1.34.